The summed E-state index contributed by atoms with van der Waals surface area (Å²) in [6.45, 7) is 1.48. The molecule has 1 aliphatic rings. The average molecular weight is 467 g/mol. The summed E-state index contributed by atoms with van der Waals surface area (Å²) in [5, 5.41) is 1.20. The lowest BCUT2D eigenvalue weighted by molar-refractivity contribution is -0.114. The van der Waals surface area contributed by atoms with E-state index >= 15 is 0 Å². The number of aromatic nitrogens is 3. The van der Waals surface area contributed by atoms with Crippen molar-refractivity contribution in [3.63, 3.8) is 0 Å². The predicted octanol–water partition coefficient (Wildman–Crippen LogP) is 5.01. The minimum atomic E-state index is -0.150. The van der Waals surface area contributed by atoms with Gasteiger partial charge in [0.25, 0.3) is 5.91 Å². The topological polar surface area (TPSA) is 69.5 Å². The van der Waals surface area contributed by atoms with Gasteiger partial charge in [0.15, 0.2) is 16.6 Å². The first-order valence-corrected chi connectivity index (χ1v) is 11.3. The minimum Gasteiger partial charge on any atom is -0.454 e. The molecule has 3 heterocycles. The van der Waals surface area contributed by atoms with Gasteiger partial charge in [0, 0.05) is 31.6 Å². The molecule has 0 saturated carbocycles. The molecule has 9 heteroatoms. The molecule has 0 atom stereocenters. The van der Waals surface area contributed by atoms with Gasteiger partial charge in [0.05, 0.1) is 16.0 Å². The Hall–Kier alpha value is -3.36. The summed E-state index contributed by atoms with van der Waals surface area (Å²) >= 11 is 7.76. The van der Waals surface area contributed by atoms with Crippen LogP contribution in [0.4, 0.5) is 5.13 Å². The van der Waals surface area contributed by atoms with E-state index in [4.69, 9.17) is 21.1 Å². The van der Waals surface area contributed by atoms with Crippen LogP contribution in [0.5, 0.6) is 11.5 Å². The maximum atomic E-state index is 13.2. The number of carbonyl (C=O) groups is 1. The maximum absolute atomic E-state index is 13.2. The number of halogens is 1. The standard InChI is InChI=1S/C23H19ClN4O3S/c24-17-3-1-4-20-22(17)26-23(32-20)28(11-2-10-27-12-9-25-14-27)21(29)8-6-16-5-7-18-19(13-16)31-15-30-18/h1,3-9,12-14H,2,10-11,15H2/b8-6+. The number of nitrogens with zero attached hydrogens (tertiary/aromatic N) is 4. The summed E-state index contributed by atoms with van der Waals surface area (Å²) in [7, 11) is 0. The van der Waals surface area contributed by atoms with Crippen LogP contribution < -0.4 is 14.4 Å². The minimum absolute atomic E-state index is 0.150. The van der Waals surface area contributed by atoms with Crippen molar-refractivity contribution in [2.24, 2.45) is 0 Å². The summed E-state index contributed by atoms with van der Waals surface area (Å²) in [5.41, 5.74) is 1.56. The third-order valence-corrected chi connectivity index (χ3v) is 6.38. The van der Waals surface area contributed by atoms with Crippen LogP contribution in [0.15, 0.2) is 61.2 Å². The van der Waals surface area contributed by atoms with Gasteiger partial charge < -0.3 is 14.0 Å². The third kappa shape index (κ3) is 4.32. The molecule has 0 aliphatic carbocycles. The van der Waals surface area contributed by atoms with Crippen LogP contribution in [0.2, 0.25) is 5.02 Å². The van der Waals surface area contributed by atoms with Crippen LogP contribution in [0.3, 0.4) is 0 Å². The summed E-state index contributed by atoms with van der Waals surface area (Å²) in [6.07, 6.45) is 9.50. The molecule has 0 spiro atoms. The molecule has 1 aliphatic heterocycles. The van der Waals surface area contributed by atoms with Crippen molar-refractivity contribution < 1.29 is 14.3 Å². The normalized spacial score (nSPS) is 12.7. The van der Waals surface area contributed by atoms with Gasteiger partial charge in [0.1, 0.15) is 5.52 Å². The molecule has 32 heavy (non-hydrogen) atoms. The second-order valence-electron chi connectivity index (χ2n) is 7.17. The lowest BCUT2D eigenvalue weighted by atomic mass is 10.2. The second-order valence-corrected chi connectivity index (χ2v) is 8.59. The number of anilines is 1. The van der Waals surface area contributed by atoms with E-state index in [1.807, 2.05) is 41.1 Å². The highest BCUT2D eigenvalue weighted by Gasteiger charge is 2.19. The number of carbonyl (C=O) groups excluding carboxylic acids is 1. The molecule has 7 nitrogen and oxygen atoms in total. The fraction of sp³-hybridized carbons (Fsp3) is 0.174. The van der Waals surface area contributed by atoms with Gasteiger partial charge in [-0.15, -0.1) is 0 Å². The Bertz CT molecular complexity index is 1290. The van der Waals surface area contributed by atoms with Crippen molar-refractivity contribution in [1.29, 1.82) is 0 Å². The summed E-state index contributed by atoms with van der Waals surface area (Å²) in [5.74, 6) is 1.24. The number of imidazole rings is 1. The number of fused-ring (bicyclic) bond motifs is 2. The number of rotatable bonds is 7. The van der Waals surface area contributed by atoms with Gasteiger partial charge in [-0.3, -0.25) is 9.69 Å². The van der Waals surface area contributed by atoms with Crippen LogP contribution in [-0.4, -0.2) is 33.8 Å². The fourth-order valence-electron chi connectivity index (χ4n) is 3.42. The largest absolute Gasteiger partial charge is 0.454 e. The number of benzene rings is 2. The number of aryl methyl sites for hydroxylation is 1. The molecule has 0 radical (unpaired) electrons. The number of hydrogen-bond acceptors (Lipinski definition) is 6. The number of thiazole rings is 1. The van der Waals surface area contributed by atoms with Gasteiger partial charge in [-0.2, -0.15) is 0 Å². The van der Waals surface area contributed by atoms with Crippen molar-refractivity contribution in [1.82, 2.24) is 14.5 Å². The van der Waals surface area contributed by atoms with Crippen molar-refractivity contribution in [2.45, 2.75) is 13.0 Å². The third-order valence-electron chi connectivity index (χ3n) is 5.03. The van der Waals surface area contributed by atoms with Crippen molar-refractivity contribution in [3.8, 4) is 11.5 Å². The predicted molar refractivity (Wildman–Crippen MR) is 125 cm³/mol. The fourth-order valence-corrected chi connectivity index (χ4v) is 4.72. The molecule has 2 aromatic carbocycles. The quantitative estimate of drug-likeness (QED) is 0.358. The van der Waals surface area contributed by atoms with E-state index in [1.54, 1.807) is 35.6 Å². The lowest BCUT2D eigenvalue weighted by Gasteiger charge is -2.18. The smallest absolute Gasteiger partial charge is 0.252 e. The molecule has 0 bridgehead atoms. The SMILES string of the molecule is O=C(/C=C/c1ccc2c(c1)OCO2)N(CCCn1ccnc1)c1nc2c(Cl)cccc2s1. The van der Waals surface area contributed by atoms with Crippen LogP contribution in [0, 0.1) is 0 Å². The Morgan fingerprint density at radius 1 is 1.25 bits per heavy atom. The van der Waals surface area contributed by atoms with Crippen LogP contribution in [0.25, 0.3) is 16.3 Å². The molecule has 0 unspecified atom stereocenters. The van der Waals surface area contributed by atoms with Crippen molar-refractivity contribution in [2.75, 3.05) is 18.2 Å². The first-order chi connectivity index (χ1) is 15.7. The van der Waals surface area contributed by atoms with Crippen LogP contribution in [-0.2, 0) is 11.3 Å². The molecule has 162 valence electrons. The zero-order valence-corrected chi connectivity index (χ0v) is 18.6. The summed E-state index contributed by atoms with van der Waals surface area (Å²) in [4.78, 5) is 23.6. The molecule has 5 rings (SSSR count). The van der Waals surface area contributed by atoms with E-state index in [0.717, 1.165) is 23.2 Å². The highest BCUT2D eigenvalue weighted by atomic mass is 35.5. The second kappa shape index (κ2) is 9.02. The molecule has 0 N–H and O–H groups in total. The molecule has 1 amide bonds. The molecule has 4 aromatic rings. The molecular weight excluding hydrogens is 448 g/mol. The van der Waals surface area contributed by atoms with Crippen LogP contribution in [0.1, 0.15) is 12.0 Å². The first-order valence-electron chi connectivity index (χ1n) is 10.1. The Balaban J connectivity index is 1.38. The summed E-state index contributed by atoms with van der Waals surface area (Å²) in [6, 6.07) is 11.2. The van der Waals surface area contributed by atoms with Gasteiger partial charge in [-0.25, -0.2) is 9.97 Å². The highest BCUT2D eigenvalue weighted by Crippen LogP contribution is 2.34. The molecule has 2 aromatic heterocycles. The Morgan fingerprint density at radius 2 is 2.16 bits per heavy atom. The van der Waals surface area contributed by atoms with E-state index < -0.39 is 0 Å². The van der Waals surface area contributed by atoms with Crippen molar-refractivity contribution in [3.05, 3.63) is 71.8 Å². The van der Waals surface area contributed by atoms with E-state index in [-0.39, 0.29) is 12.7 Å². The number of hydrogen-bond donors (Lipinski definition) is 0. The van der Waals surface area contributed by atoms with E-state index in [1.165, 1.54) is 11.3 Å². The highest BCUT2D eigenvalue weighted by molar-refractivity contribution is 7.22. The summed E-state index contributed by atoms with van der Waals surface area (Å²) < 4.78 is 13.7. The Kier molecular flexibility index (Phi) is 5.79. The van der Waals surface area contributed by atoms with Gasteiger partial charge in [-0.05, 0) is 42.3 Å². The van der Waals surface area contributed by atoms with E-state index in [0.29, 0.717) is 33.7 Å². The zero-order chi connectivity index (χ0) is 21.9. The molecular formula is C23H19ClN4O3S. The van der Waals surface area contributed by atoms with E-state index in [9.17, 15) is 4.79 Å². The molecule has 0 fully saturated rings. The van der Waals surface area contributed by atoms with Gasteiger partial charge in [-0.1, -0.05) is 35.1 Å². The number of ether oxygens (including phenoxy) is 2. The van der Waals surface area contributed by atoms with Gasteiger partial charge >= 0.3 is 0 Å². The average Bonchev–Trinajstić information content (AvgIpc) is 3.55. The number of amides is 1. The Labute approximate surface area is 193 Å². The first kappa shape index (κ1) is 20.5. The lowest BCUT2D eigenvalue weighted by Crippen LogP contribution is -2.30. The zero-order valence-electron chi connectivity index (χ0n) is 17.0. The van der Waals surface area contributed by atoms with Crippen LogP contribution >= 0.6 is 22.9 Å². The maximum Gasteiger partial charge on any atom is 0.252 e. The monoisotopic (exact) mass is 466 g/mol. The molecule has 0 saturated heterocycles. The van der Waals surface area contributed by atoms with Gasteiger partial charge in [0.2, 0.25) is 6.79 Å². The van der Waals surface area contributed by atoms with Crippen molar-refractivity contribution >= 4 is 50.3 Å². The van der Waals surface area contributed by atoms with E-state index in [2.05, 4.69) is 9.97 Å². The Morgan fingerprint density at radius 3 is 3.00 bits per heavy atom. The number of para-hydroxylation sites is 1.